The topological polar surface area (TPSA) is 35.2 Å². The summed E-state index contributed by atoms with van der Waals surface area (Å²) in [5.74, 6) is 0.355. The number of halogens is 1. The second-order valence-corrected chi connectivity index (χ2v) is 5.19. The van der Waals surface area contributed by atoms with Crippen LogP contribution in [0.15, 0.2) is 18.2 Å². The van der Waals surface area contributed by atoms with Crippen molar-refractivity contribution in [3.63, 3.8) is 0 Å². The standard InChI is InChI=1S/C14H20FNOS/c1-10(2)4-3-7-17-9-11-5-6-12(15)8-13(11)14(16)18/h5-6,8,10H,3-4,7,9H2,1-2H3,(H2,16,18). The molecule has 1 aromatic rings. The fourth-order valence-electron chi connectivity index (χ4n) is 1.68. The molecule has 1 rings (SSSR count). The van der Waals surface area contributed by atoms with E-state index in [1.807, 2.05) is 0 Å². The Morgan fingerprint density at radius 3 is 2.78 bits per heavy atom. The maximum absolute atomic E-state index is 13.1. The Morgan fingerprint density at radius 1 is 1.44 bits per heavy atom. The molecule has 0 amide bonds. The average Bonchev–Trinajstić information content (AvgIpc) is 2.29. The minimum atomic E-state index is -0.332. The van der Waals surface area contributed by atoms with Gasteiger partial charge in [0.2, 0.25) is 0 Å². The molecule has 0 atom stereocenters. The molecule has 0 saturated heterocycles. The minimum absolute atomic E-state index is 0.204. The Hall–Kier alpha value is -1.00. The molecule has 0 aliphatic heterocycles. The van der Waals surface area contributed by atoms with E-state index in [1.165, 1.54) is 12.1 Å². The Morgan fingerprint density at radius 2 is 2.17 bits per heavy atom. The fraction of sp³-hybridized carbons (Fsp3) is 0.500. The van der Waals surface area contributed by atoms with Gasteiger partial charge in [-0.1, -0.05) is 32.1 Å². The van der Waals surface area contributed by atoms with Crippen LogP contribution in [0.1, 0.15) is 37.8 Å². The van der Waals surface area contributed by atoms with Crippen LogP contribution in [0.3, 0.4) is 0 Å². The Balaban J connectivity index is 2.49. The van der Waals surface area contributed by atoms with Crippen molar-refractivity contribution in [2.75, 3.05) is 6.61 Å². The second kappa shape index (κ2) is 7.44. The van der Waals surface area contributed by atoms with E-state index >= 15 is 0 Å². The number of thiocarbonyl (C=S) groups is 1. The summed E-state index contributed by atoms with van der Waals surface area (Å²) in [6, 6.07) is 4.43. The molecule has 0 saturated carbocycles. The third-order valence-corrected chi connectivity index (χ3v) is 2.89. The van der Waals surface area contributed by atoms with E-state index in [1.54, 1.807) is 6.07 Å². The minimum Gasteiger partial charge on any atom is -0.389 e. The van der Waals surface area contributed by atoms with Crippen molar-refractivity contribution in [2.24, 2.45) is 11.7 Å². The van der Waals surface area contributed by atoms with Gasteiger partial charge in [-0.05, 0) is 36.5 Å². The van der Waals surface area contributed by atoms with Crippen molar-refractivity contribution in [3.8, 4) is 0 Å². The molecule has 0 heterocycles. The SMILES string of the molecule is CC(C)CCCOCc1ccc(F)cc1C(N)=S. The molecule has 2 nitrogen and oxygen atoms in total. The molecule has 100 valence electrons. The van der Waals surface area contributed by atoms with E-state index in [9.17, 15) is 4.39 Å². The van der Waals surface area contributed by atoms with Gasteiger partial charge in [-0.25, -0.2) is 4.39 Å². The predicted octanol–water partition coefficient (Wildman–Crippen LogP) is 3.41. The monoisotopic (exact) mass is 269 g/mol. The number of nitrogens with two attached hydrogens (primary N) is 1. The van der Waals surface area contributed by atoms with Crippen molar-refractivity contribution in [1.82, 2.24) is 0 Å². The lowest BCUT2D eigenvalue weighted by atomic mass is 10.1. The van der Waals surface area contributed by atoms with Crippen molar-refractivity contribution in [3.05, 3.63) is 35.1 Å². The molecular formula is C14H20FNOS. The van der Waals surface area contributed by atoms with Crippen molar-refractivity contribution in [2.45, 2.75) is 33.3 Å². The first-order valence-electron chi connectivity index (χ1n) is 6.16. The molecule has 0 aromatic heterocycles. The molecule has 0 radical (unpaired) electrons. The van der Waals surface area contributed by atoms with E-state index in [4.69, 9.17) is 22.7 Å². The molecule has 1 aromatic carbocycles. The van der Waals surface area contributed by atoms with E-state index in [0.717, 1.165) is 18.4 Å². The Kier molecular flexibility index (Phi) is 6.22. The maximum Gasteiger partial charge on any atom is 0.123 e. The summed E-state index contributed by atoms with van der Waals surface area (Å²) in [6.07, 6.45) is 2.17. The van der Waals surface area contributed by atoms with Crippen LogP contribution in [0, 0.1) is 11.7 Å². The average molecular weight is 269 g/mol. The summed E-state index contributed by atoms with van der Waals surface area (Å²) >= 11 is 4.90. The molecule has 0 bridgehead atoms. The molecule has 4 heteroatoms. The van der Waals surface area contributed by atoms with Gasteiger partial charge in [0.25, 0.3) is 0 Å². The highest BCUT2D eigenvalue weighted by Crippen LogP contribution is 2.13. The van der Waals surface area contributed by atoms with Crippen LogP contribution < -0.4 is 5.73 Å². The third-order valence-electron chi connectivity index (χ3n) is 2.67. The molecule has 0 fully saturated rings. The molecule has 18 heavy (non-hydrogen) atoms. The Labute approximate surface area is 113 Å². The van der Waals surface area contributed by atoms with E-state index in [0.29, 0.717) is 24.7 Å². The van der Waals surface area contributed by atoms with Crippen LogP contribution in [0.4, 0.5) is 4.39 Å². The first-order chi connectivity index (χ1) is 8.50. The van der Waals surface area contributed by atoms with Gasteiger partial charge in [0.1, 0.15) is 10.8 Å². The number of rotatable bonds is 7. The van der Waals surface area contributed by atoms with Gasteiger partial charge >= 0.3 is 0 Å². The van der Waals surface area contributed by atoms with Crippen LogP contribution in [-0.2, 0) is 11.3 Å². The van der Waals surface area contributed by atoms with Gasteiger partial charge in [0.05, 0.1) is 6.61 Å². The number of ether oxygens (including phenoxy) is 1. The summed E-state index contributed by atoms with van der Waals surface area (Å²) in [5.41, 5.74) is 6.97. The molecule has 0 aliphatic carbocycles. The highest BCUT2D eigenvalue weighted by atomic mass is 32.1. The van der Waals surface area contributed by atoms with Crippen LogP contribution >= 0.6 is 12.2 Å². The maximum atomic E-state index is 13.1. The number of hydrogen-bond acceptors (Lipinski definition) is 2. The fourth-order valence-corrected chi connectivity index (χ4v) is 1.87. The van der Waals surface area contributed by atoms with Gasteiger partial charge < -0.3 is 10.5 Å². The largest absolute Gasteiger partial charge is 0.389 e. The molecule has 2 N–H and O–H groups in total. The van der Waals surface area contributed by atoms with Crippen molar-refractivity contribution in [1.29, 1.82) is 0 Å². The van der Waals surface area contributed by atoms with Gasteiger partial charge in [-0.2, -0.15) is 0 Å². The van der Waals surface area contributed by atoms with Gasteiger partial charge in [0.15, 0.2) is 0 Å². The lowest BCUT2D eigenvalue weighted by molar-refractivity contribution is 0.114. The summed E-state index contributed by atoms with van der Waals surface area (Å²) < 4.78 is 18.6. The van der Waals surface area contributed by atoms with Gasteiger partial charge in [-0.3, -0.25) is 0 Å². The van der Waals surface area contributed by atoms with Crippen LogP contribution in [0.5, 0.6) is 0 Å². The summed E-state index contributed by atoms with van der Waals surface area (Å²) in [6.45, 7) is 5.49. The van der Waals surface area contributed by atoms with E-state index in [2.05, 4.69) is 13.8 Å². The third kappa shape index (κ3) is 5.10. The van der Waals surface area contributed by atoms with Crippen LogP contribution in [0.25, 0.3) is 0 Å². The molecule has 0 aliphatic rings. The highest BCUT2D eigenvalue weighted by Gasteiger charge is 2.07. The first-order valence-corrected chi connectivity index (χ1v) is 6.57. The molecular weight excluding hydrogens is 249 g/mol. The van der Waals surface area contributed by atoms with E-state index in [-0.39, 0.29) is 10.8 Å². The normalized spacial score (nSPS) is 10.9. The summed E-state index contributed by atoms with van der Waals surface area (Å²) in [4.78, 5) is 0.204. The van der Waals surface area contributed by atoms with Gasteiger partial charge in [0, 0.05) is 12.2 Å². The number of hydrogen-bond donors (Lipinski definition) is 1. The number of benzene rings is 1. The predicted molar refractivity (Wildman–Crippen MR) is 76.0 cm³/mol. The molecule has 0 spiro atoms. The highest BCUT2D eigenvalue weighted by molar-refractivity contribution is 7.80. The van der Waals surface area contributed by atoms with Crippen LogP contribution in [0.2, 0.25) is 0 Å². The van der Waals surface area contributed by atoms with E-state index < -0.39 is 0 Å². The van der Waals surface area contributed by atoms with Crippen molar-refractivity contribution < 1.29 is 9.13 Å². The summed E-state index contributed by atoms with van der Waals surface area (Å²) in [5, 5.41) is 0. The zero-order chi connectivity index (χ0) is 13.5. The lowest BCUT2D eigenvalue weighted by Crippen LogP contribution is -2.13. The zero-order valence-electron chi connectivity index (χ0n) is 10.9. The van der Waals surface area contributed by atoms with Gasteiger partial charge in [-0.15, -0.1) is 0 Å². The lowest BCUT2D eigenvalue weighted by Gasteiger charge is -2.10. The van der Waals surface area contributed by atoms with Crippen LogP contribution in [-0.4, -0.2) is 11.6 Å². The quantitative estimate of drug-likeness (QED) is 0.608. The Bertz CT molecular complexity index is 407. The zero-order valence-corrected chi connectivity index (χ0v) is 11.7. The van der Waals surface area contributed by atoms with Crippen molar-refractivity contribution >= 4 is 17.2 Å². The second-order valence-electron chi connectivity index (χ2n) is 4.75. The smallest absolute Gasteiger partial charge is 0.123 e. The molecule has 0 unspecified atom stereocenters. The summed E-state index contributed by atoms with van der Waals surface area (Å²) in [7, 11) is 0. The first kappa shape index (κ1) is 15.1.